The van der Waals surface area contributed by atoms with Crippen LogP contribution in [-0.2, 0) is 0 Å². The molecule has 1 heterocycles. The lowest BCUT2D eigenvalue weighted by Gasteiger charge is -2.00. The van der Waals surface area contributed by atoms with Gasteiger partial charge in [0.25, 0.3) is 5.95 Å². The van der Waals surface area contributed by atoms with Gasteiger partial charge in [0.1, 0.15) is 0 Å². The van der Waals surface area contributed by atoms with Crippen molar-refractivity contribution in [1.82, 2.24) is 15.0 Å². The third-order valence-corrected chi connectivity index (χ3v) is 1.18. The van der Waals surface area contributed by atoms with Crippen LogP contribution in [0.3, 0.4) is 0 Å². The van der Waals surface area contributed by atoms with Crippen molar-refractivity contribution in [2.75, 3.05) is 14.2 Å². The Labute approximate surface area is 79.7 Å². The van der Waals surface area contributed by atoms with Crippen LogP contribution in [-0.4, -0.2) is 34.3 Å². The Bertz CT molecular complexity index is 328. The molecule has 0 aromatic carbocycles. The monoisotopic (exact) mass is 198 g/mol. The highest BCUT2D eigenvalue weighted by atomic mass is 32.1. The molecule has 0 saturated heterocycles. The third kappa shape index (κ3) is 2.43. The lowest BCUT2D eigenvalue weighted by Crippen LogP contribution is -1.97. The highest BCUT2D eigenvalue weighted by Gasteiger charge is 2.04. The summed E-state index contributed by atoms with van der Waals surface area (Å²) >= 11 is 4.39. The molecule has 0 N–H and O–H groups in total. The Kier molecular flexibility index (Phi) is 3.24. The van der Waals surface area contributed by atoms with Gasteiger partial charge in [-0.3, -0.25) is 0 Å². The molecular weight excluding hydrogens is 192 g/mol. The van der Waals surface area contributed by atoms with E-state index < -0.39 is 0 Å². The smallest absolute Gasteiger partial charge is 0.324 e. The van der Waals surface area contributed by atoms with Gasteiger partial charge in [0, 0.05) is 0 Å². The fourth-order valence-corrected chi connectivity index (χ4v) is 0.683. The van der Waals surface area contributed by atoms with Gasteiger partial charge in [0.15, 0.2) is 0 Å². The van der Waals surface area contributed by atoms with Crippen LogP contribution in [0.2, 0.25) is 0 Å². The minimum Gasteiger partial charge on any atom is -0.467 e. The Hall–Kier alpha value is -1.59. The number of methoxy groups -OCH3 is 2. The zero-order valence-electron chi connectivity index (χ0n) is 7.01. The van der Waals surface area contributed by atoms with Crippen LogP contribution in [0.4, 0.5) is 5.95 Å². The minimum absolute atomic E-state index is 0.110. The highest BCUT2D eigenvalue weighted by Crippen LogP contribution is 2.13. The Balaban J connectivity index is 3.14. The molecule has 0 atom stereocenters. The number of ether oxygens (including phenoxy) is 2. The minimum atomic E-state index is 0.110. The topological polar surface area (TPSA) is 69.5 Å². The summed E-state index contributed by atoms with van der Waals surface area (Å²) in [5, 5.41) is 2.13. The molecule has 0 aliphatic heterocycles. The number of thiocarbonyl (C=S) groups is 1. The van der Waals surface area contributed by atoms with Crippen molar-refractivity contribution >= 4 is 23.3 Å². The number of aliphatic imine (C=N–C) groups is 1. The predicted molar refractivity (Wildman–Crippen MR) is 47.6 cm³/mol. The van der Waals surface area contributed by atoms with Crippen LogP contribution in [0.15, 0.2) is 4.99 Å². The summed E-state index contributed by atoms with van der Waals surface area (Å²) in [7, 11) is 2.86. The highest BCUT2D eigenvalue weighted by molar-refractivity contribution is 7.78. The van der Waals surface area contributed by atoms with Crippen LogP contribution in [0.5, 0.6) is 12.0 Å². The van der Waals surface area contributed by atoms with Crippen LogP contribution in [0.25, 0.3) is 0 Å². The van der Waals surface area contributed by atoms with Gasteiger partial charge in [-0.15, -0.1) is 4.98 Å². The number of nitrogens with zero attached hydrogens (tertiary/aromatic N) is 4. The molecule has 0 aliphatic carbocycles. The molecule has 0 unspecified atom stereocenters. The fraction of sp³-hybridized carbons (Fsp3) is 0.333. The standard InChI is InChI=1S/C6H6N4O2S/c1-11-5-8-4(7-3-13)9-6(10-5)12-2/h1-2H3. The number of aromatic nitrogens is 3. The van der Waals surface area contributed by atoms with Gasteiger partial charge in [0.05, 0.1) is 19.4 Å². The molecule has 0 saturated carbocycles. The van der Waals surface area contributed by atoms with Crippen molar-refractivity contribution in [3.8, 4) is 12.0 Å². The molecule has 68 valence electrons. The lowest BCUT2D eigenvalue weighted by molar-refractivity contribution is 0.341. The molecule has 0 spiro atoms. The first-order chi connectivity index (χ1) is 6.30. The van der Waals surface area contributed by atoms with Crippen molar-refractivity contribution in [1.29, 1.82) is 0 Å². The third-order valence-electron chi connectivity index (χ3n) is 1.09. The Morgan fingerprint density at radius 1 is 1.15 bits per heavy atom. The molecule has 6 nitrogen and oxygen atoms in total. The quantitative estimate of drug-likeness (QED) is 0.524. The predicted octanol–water partition coefficient (Wildman–Crippen LogP) is 0.623. The second kappa shape index (κ2) is 4.44. The van der Waals surface area contributed by atoms with Crippen LogP contribution in [0, 0.1) is 0 Å². The molecule has 1 aromatic rings. The van der Waals surface area contributed by atoms with Crippen molar-refractivity contribution in [2.45, 2.75) is 0 Å². The molecule has 0 bridgehead atoms. The maximum absolute atomic E-state index is 4.78. The number of hydrogen-bond donors (Lipinski definition) is 0. The molecule has 0 radical (unpaired) electrons. The number of rotatable bonds is 3. The maximum Gasteiger partial charge on any atom is 0.324 e. The van der Waals surface area contributed by atoms with Gasteiger partial charge < -0.3 is 9.47 Å². The van der Waals surface area contributed by atoms with E-state index >= 15 is 0 Å². The molecule has 1 aromatic heterocycles. The second-order valence-electron chi connectivity index (χ2n) is 1.81. The first-order valence-corrected chi connectivity index (χ1v) is 3.63. The maximum atomic E-state index is 4.78. The molecule has 0 amide bonds. The van der Waals surface area contributed by atoms with Gasteiger partial charge in [-0.25, -0.2) is 0 Å². The number of hydrogen-bond acceptors (Lipinski definition) is 7. The van der Waals surface area contributed by atoms with Crippen molar-refractivity contribution in [3.05, 3.63) is 0 Å². The second-order valence-corrected chi connectivity index (χ2v) is 1.99. The SMILES string of the molecule is COc1nc(N=C=S)nc(OC)n1. The van der Waals surface area contributed by atoms with E-state index in [1.807, 2.05) is 0 Å². The average Bonchev–Trinajstić information content (AvgIpc) is 2.17. The Morgan fingerprint density at radius 2 is 1.69 bits per heavy atom. The summed E-state index contributed by atoms with van der Waals surface area (Å²) in [5.41, 5.74) is 0. The van der Waals surface area contributed by atoms with E-state index in [1.165, 1.54) is 14.2 Å². The van der Waals surface area contributed by atoms with Gasteiger partial charge in [-0.2, -0.15) is 15.0 Å². The summed E-state index contributed by atoms with van der Waals surface area (Å²) in [5.74, 6) is 0.110. The van der Waals surface area contributed by atoms with Crippen molar-refractivity contribution < 1.29 is 9.47 Å². The molecular formula is C6H6N4O2S. The van der Waals surface area contributed by atoms with E-state index in [0.29, 0.717) is 0 Å². The summed E-state index contributed by atoms with van der Waals surface area (Å²) < 4.78 is 9.56. The largest absolute Gasteiger partial charge is 0.467 e. The molecule has 7 heteroatoms. The van der Waals surface area contributed by atoms with E-state index in [1.54, 1.807) is 0 Å². The zero-order chi connectivity index (χ0) is 9.68. The van der Waals surface area contributed by atoms with E-state index in [2.05, 4.69) is 37.3 Å². The fourth-order valence-electron chi connectivity index (χ4n) is 0.601. The Morgan fingerprint density at radius 3 is 2.08 bits per heavy atom. The van der Waals surface area contributed by atoms with Gasteiger partial charge >= 0.3 is 12.0 Å². The average molecular weight is 198 g/mol. The molecule has 0 fully saturated rings. The summed E-state index contributed by atoms with van der Waals surface area (Å²) in [6.07, 6.45) is 0. The van der Waals surface area contributed by atoms with Crippen molar-refractivity contribution in [2.24, 2.45) is 4.99 Å². The molecule has 0 aliphatic rings. The van der Waals surface area contributed by atoms with E-state index in [4.69, 9.17) is 9.47 Å². The van der Waals surface area contributed by atoms with E-state index in [-0.39, 0.29) is 18.0 Å². The summed E-state index contributed by atoms with van der Waals surface area (Å²) in [6.45, 7) is 0. The number of isothiocyanates is 1. The first kappa shape index (κ1) is 9.50. The van der Waals surface area contributed by atoms with Gasteiger partial charge in [0.2, 0.25) is 0 Å². The summed E-state index contributed by atoms with van der Waals surface area (Å²) in [6, 6.07) is 0.242. The first-order valence-electron chi connectivity index (χ1n) is 3.22. The van der Waals surface area contributed by atoms with Crippen LogP contribution in [0.1, 0.15) is 0 Å². The van der Waals surface area contributed by atoms with E-state index in [0.717, 1.165) is 0 Å². The molecule has 1 rings (SSSR count). The molecule has 13 heavy (non-hydrogen) atoms. The summed E-state index contributed by atoms with van der Waals surface area (Å²) in [4.78, 5) is 14.9. The van der Waals surface area contributed by atoms with E-state index in [9.17, 15) is 0 Å². The van der Waals surface area contributed by atoms with Crippen LogP contribution >= 0.6 is 12.2 Å². The van der Waals surface area contributed by atoms with Gasteiger partial charge in [-0.1, -0.05) is 0 Å². The van der Waals surface area contributed by atoms with Crippen LogP contribution < -0.4 is 9.47 Å². The zero-order valence-corrected chi connectivity index (χ0v) is 7.83. The normalized spacial score (nSPS) is 8.77. The van der Waals surface area contributed by atoms with Crippen molar-refractivity contribution in [3.63, 3.8) is 0 Å². The lowest BCUT2D eigenvalue weighted by atomic mass is 10.9. The van der Waals surface area contributed by atoms with Gasteiger partial charge in [-0.05, 0) is 12.2 Å².